The van der Waals surface area contributed by atoms with Gasteiger partial charge in [-0.15, -0.1) is 0 Å². The summed E-state index contributed by atoms with van der Waals surface area (Å²) in [5, 5.41) is 12.4. The van der Waals surface area contributed by atoms with E-state index in [2.05, 4.69) is 407 Å². The molecule has 15 heterocycles. The third-order valence-electron chi connectivity index (χ3n) is 25.1. The van der Waals surface area contributed by atoms with Crippen molar-refractivity contribution in [3.8, 4) is 67.5 Å². The average molecular weight is 1710 g/mol. The smallest absolute Gasteiger partial charge is 0.227 e. The number of hydrogen-bond donors (Lipinski definition) is 0. The van der Waals surface area contributed by atoms with E-state index in [4.69, 9.17) is 22.1 Å². The van der Waals surface area contributed by atoms with E-state index >= 15 is 0 Å². The number of furan rings is 5. The molecule has 0 bridgehead atoms. The minimum atomic E-state index is 0.486. The maximum Gasteiger partial charge on any atom is 0.227 e. The fourth-order valence-electron chi connectivity index (χ4n) is 18.0. The Morgan fingerprint density at radius 2 is 0.592 bits per heavy atom. The summed E-state index contributed by atoms with van der Waals surface area (Å²) in [6.07, 6.45) is 12.1. The number of para-hydroxylation sites is 2. The van der Waals surface area contributed by atoms with Crippen LogP contribution in [-0.2, 0) is 42.3 Å². The monoisotopic (exact) mass is 1710 g/mol. The van der Waals surface area contributed by atoms with Crippen molar-refractivity contribution in [1.82, 2.24) is 19.9 Å². The average Bonchev–Trinajstić information content (AvgIpc) is 1.61. The Hall–Kier alpha value is -15.5. The molecule has 0 spiro atoms. The van der Waals surface area contributed by atoms with Gasteiger partial charge in [0.1, 0.15) is 53.5 Å². The van der Waals surface area contributed by atoms with Crippen molar-refractivity contribution in [2.24, 2.45) is 42.3 Å². The highest BCUT2D eigenvalue weighted by Crippen LogP contribution is 2.43. The van der Waals surface area contributed by atoms with Gasteiger partial charge in [0.05, 0.1) is 27.8 Å². The molecular formula is C115H106N10O5+6. The van der Waals surface area contributed by atoms with Gasteiger partial charge in [-0.3, -0.25) is 0 Å². The first-order chi connectivity index (χ1) is 62.9. The Balaban J connectivity index is 0.000000105. The standard InChI is InChI=1S/C22H23N2O.C20H18NO.2C19H17N2O.C18H15N2O.C17H16N/c1-13(2)16-10-11-24(5)19(12-16)20-14(3)6-8-17-18-9-7-15(4)23-22(18)25-21(17)20;1-13-10-11-16-15-8-6-7-14(2)19(15)22-20(16)18(13)17-9-4-5-12-21(17)3;2*1-12-7-9-14-15-10-8-13(2)20-19(15)22-18(14)17(12)16-6-4-5-11-21(16)3;1-12-8-9-13-14-6-5-10-19-18(14)21-17(13)16(12)15-7-3-4-11-20(15)2;1-13-7-3-5-9-15(13)17-12-11-14-8-4-6-10-16(14)18(17)2/h6-13H,1-5H3;4-12H,1-3H3;2*4-11H,1-3H3;3-11H,1-2H3;3-12H,1-2H3/q6*+1. The van der Waals surface area contributed by atoms with Crippen LogP contribution in [0.15, 0.2) is 332 Å². The van der Waals surface area contributed by atoms with Gasteiger partial charge in [0.25, 0.3) is 0 Å². The number of benzene rings is 8. The van der Waals surface area contributed by atoms with Crippen molar-refractivity contribution in [3.05, 3.63) is 372 Å². The van der Waals surface area contributed by atoms with Gasteiger partial charge in [0.2, 0.25) is 62.5 Å². The molecule has 0 fully saturated rings. The molecule has 8 aromatic carbocycles. The van der Waals surface area contributed by atoms with Crippen molar-refractivity contribution in [2.45, 2.75) is 89.0 Å². The lowest BCUT2D eigenvalue weighted by atomic mass is 9.97. The molecule has 0 N–H and O–H groups in total. The van der Waals surface area contributed by atoms with Crippen LogP contribution in [0, 0.1) is 69.2 Å². The number of aryl methyl sites for hydroxylation is 16. The highest BCUT2D eigenvalue weighted by molar-refractivity contribution is 6.13. The van der Waals surface area contributed by atoms with Gasteiger partial charge in [0.15, 0.2) is 53.3 Å². The van der Waals surface area contributed by atoms with Crippen LogP contribution in [0.4, 0.5) is 0 Å². The molecule has 23 rings (SSSR count). The SMILES string of the molecule is Cc1ccc2c(n1)oc1c(-c3cc(C(C)C)cc[n+]3C)c(C)ccc12.Cc1ccc2c(n1)oc1c(-c3cccc[n+]3C)c(C)ccc12.Cc1ccc2c(n1)oc1c(-c3cccc[n+]3C)c(C)ccc12.Cc1ccc2c(oc3c(C)cccc32)c1-c1cccc[n+]1C.Cc1ccc2c(oc3ncccc32)c1-c1cccc[n+]1C.Cc1ccccc1-c1ccc2ccccc2[n+]1C. The summed E-state index contributed by atoms with van der Waals surface area (Å²) >= 11 is 0. The zero-order valence-electron chi connectivity index (χ0n) is 77.0. The molecule has 15 heteroatoms. The molecule has 0 saturated heterocycles. The molecule has 23 aromatic rings. The van der Waals surface area contributed by atoms with Gasteiger partial charge in [-0.2, -0.15) is 4.57 Å². The lowest BCUT2D eigenvalue weighted by Gasteiger charge is -2.09. The van der Waals surface area contributed by atoms with Crippen LogP contribution >= 0.6 is 0 Å². The van der Waals surface area contributed by atoms with Gasteiger partial charge in [-0.25, -0.2) is 42.8 Å². The third kappa shape index (κ3) is 16.2. The molecule has 640 valence electrons. The molecule has 0 unspecified atom stereocenters. The zero-order valence-corrected chi connectivity index (χ0v) is 77.0. The predicted molar refractivity (Wildman–Crippen MR) is 525 cm³/mol. The van der Waals surface area contributed by atoms with Crippen LogP contribution in [0.1, 0.15) is 81.4 Å². The van der Waals surface area contributed by atoms with Gasteiger partial charge < -0.3 is 22.1 Å². The van der Waals surface area contributed by atoms with Gasteiger partial charge >= 0.3 is 0 Å². The lowest BCUT2D eigenvalue weighted by Crippen LogP contribution is -2.32. The van der Waals surface area contributed by atoms with Gasteiger partial charge in [-0.1, -0.05) is 123 Å². The first kappa shape index (κ1) is 85.3. The fourth-order valence-corrected chi connectivity index (χ4v) is 18.0. The second-order valence-corrected chi connectivity index (χ2v) is 34.5. The Morgan fingerprint density at radius 3 is 1.02 bits per heavy atom. The van der Waals surface area contributed by atoms with Crippen molar-refractivity contribution < 1.29 is 49.5 Å². The molecule has 0 radical (unpaired) electrons. The van der Waals surface area contributed by atoms with E-state index in [1.54, 1.807) is 6.20 Å². The number of nitrogens with zero attached hydrogens (tertiary/aromatic N) is 10. The Morgan fingerprint density at radius 1 is 0.246 bits per heavy atom. The minimum absolute atomic E-state index is 0.486. The molecule has 0 aliphatic heterocycles. The number of pyridine rings is 10. The lowest BCUT2D eigenvalue weighted by molar-refractivity contribution is -0.660. The summed E-state index contributed by atoms with van der Waals surface area (Å²) in [6.45, 7) is 25.3. The summed E-state index contributed by atoms with van der Waals surface area (Å²) in [5.74, 6) is 0.486. The number of rotatable bonds is 7. The van der Waals surface area contributed by atoms with Crippen LogP contribution in [0.3, 0.4) is 0 Å². The fraction of sp³-hybridized carbons (Fsp3) is 0.165. The second kappa shape index (κ2) is 35.7. The Bertz CT molecular complexity index is 8160. The molecule has 130 heavy (non-hydrogen) atoms. The zero-order chi connectivity index (χ0) is 90.4. The van der Waals surface area contributed by atoms with Gasteiger partial charge in [-0.05, 0) is 211 Å². The normalized spacial score (nSPS) is 11.4. The number of hydrogen-bond acceptors (Lipinski definition) is 9. The highest BCUT2D eigenvalue weighted by Gasteiger charge is 2.28. The van der Waals surface area contributed by atoms with Crippen LogP contribution in [0.25, 0.3) is 189 Å². The quantitative estimate of drug-likeness (QED) is 0.143. The molecular weight excluding hydrogens is 1600 g/mol. The summed E-state index contributed by atoms with van der Waals surface area (Å²) < 4.78 is 43.8. The summed E-state index contributed by atoms with van der Waals surface area (Å²) in [5.41, 5.74) is 36.5. The summed E-state index contributed by atoms with van der Waals surface area (Å²) in [6, 6.07) is 94.9. The number of fused-ring (bicyclic) bond motifs is 16. The summed E-state index contributed by atoms with van der Waals surface area (Å²) in [4.78, 5) is 18.0. The van der Waals surface area contributed by atoms with Crippen molar-refractivity contribution in [2.75, 3.05) is 0 Å². The first-order valence-electron chi connectivity index (χ1n) is 44.3. The van der Waals surface area contributed by atoms with Crippen LogP contribution in [0.5, 0.6) is 0 Å². The van der Waals surface area contributed by atoms with E-state index in [9.17, 15) is 0 Å². The Labute approximate surface area is 756 Å². The van der Waals surface area contributed by atoms with Crippen LogP contribution in [-0.4, -0.2) is 19.9 Å². The van der Waals surface area contributed by atoms with Crippen LogP contribution in [0.2, 0.25) is 0 Å². The minimum Gasteiger partial charge on any atom is -0.455 e. The molecule has 15 aromatic heterocycles. The van der Waals surface area contributed by atoms with E-state index in [0.29, 0.717) is 28.8 Å². The summed E-state index contributed by atoms with van der Waals surface area (Å²) in [7, 11) is 12.4. The molecule has 0 aliphatic carbocycles. The van der Waals surface area contributed by atoms with E-state index in [1.807, 2.05) is 69.3 Å². The Kier molecular flexibility index (Phi) is 23.5. The van der Waals surface area contributed by atoms with Crippen molar-refractivity contribution in [3.63, 3.8) is 0 Å². The van der Waals surface area contributed by atoms with E-state index in [0.717, 1.165) is 133 Å². The largest absolute Gasteiger partial charge is 0.455 e. The topological polar surface area (TPSA) is 141 Å². The third-order valence-corrected chi connectivity index (χ3v) is 25.1. The maximum atomic E-state index is 6.29. The second-order valence-electron chi connectivity index (χ2n) is 34.5. The molecule has 0 amide bonds. The van der Waals surface area contributed by atoms with E-state index < -0.39 is 0 Å². The van der Waals surface area contributed by atoms with E-state index in [1.165, 1.54) is 94.4 Å². The molecule has 0 aliphatic rings. The number of aromatic nitrogens is 10. The predicted octanol–water partition coefficient (Wildman–Crippen LogP) is 25.5. The highest BCUT2D eigenvalue weighted by atomic mass is 16.4. The van der Waals surface area contributed by atoms with Crippen molar-refractivity contribution in [1.29, 1.82) is 0 Å². The first-order valence-corrected chi connectivity index (χ1v) is 44.3. The van der Waals surface area contributed by atoms with E-state index in [-0.39, 0.29) is 0 Å². The van der Waals surface area contributed by atoms with Crippen molar-refractivity contribution >= 4 is 121 Å². The maximum absolute atomic E-state index is 6.29. The van der Waals surface area contributed by atoms with Crippen LogP contribution < -0.4 is 27.4 Å². The molecule has 0 atom stereocenters. The van der Waals surface area contributed by atoms with Gasteiger partial charge in [0, 0.05) is 161 Å². The molecule has 15 nitrogen and oxygen atoms in total. The molecule has 0 saturated carbocycles.